The molecule has 2 unspecified atom stereocenters. The lowest BCUT2D eigenvalue weighted by molar-refractivity contribution is -0.133. The third kappa shape index (κ3) is 4.64. The van der Waals surface area contributed by atoms with Gasteiger partial charge in [-0.3, -0.25) is 4.79 Å². The fourth-order valence-electron chi connectivity index (χ4n) is 2.25. The summed E-state index contributed by atoms with van der Waals surface area (Å²) in [5, 5.41) is 3.32. The first-order valence-corrected chi connectivity index (χ1v) is 6.72. The Kier molecular flexibility index (Phi) is 6.52. The van der Waals surface area contributed by atoms with E-state index in [2.05, 4.69) is 17.1 Å². The van der Waals surface area contributed by atoms with Crippen molar-refractivity contribution in [3.8, 4) is 0 Å². The van der Waals surface area contributed by atoms with Crippen LogP contribution in [0.1, 0.15) is 39.5 Å². The molecule has 17 heavy (non-hydrogen) atoms. The fraction of sp³-hybridized carbons (Fsp3) is 0.923. The molecule has 0 aromatic rings. The van der Waals surface area contributed by atoms with Gasteiger partial charge in [-0.1, -0.05) is 6.92 Å². The number of rotatable bonds is 7. The van der Waals surface area contributed by atoms with Gasteiger partial charge in [0.05, 0.1) is 6.10 Å². The number of ether oxygens (including phenoxy) is 1. The molecular formula is C13H26N2O2. The Labute approximate surface area is 105 Å². The maximum Gasteiger partial charge on any atom is 0.222 e. The summed E-state index contributed by atoms with van der Waals surface area (Å²) in [6.07, 6.45) is 3.71. The number of nitrogens with zero attached hydrogens (tertiary/aromatic N) is 1. The van der Waals surface area contributed by atoms with Gasteiger partial charge < -0.3 is 15.0 Å². The van der Waals surface area contributed by atoms with Gasteiger partial charge in [0.1, 0.15) is 0 Å². The average molecular weight is 242 g/mol. The summed E-state index contributed by atoms with van der Waals surface area (Å²) in [5.41, 5.74) is 0. The van der Waals surface area contributed by atoms with Gasteiger partial charge in [-0.05, 0) is 32.7 Å². The van der Waals surface area contributed by atoms with Crippen molar-refractivity contribution in [3.05, 3.63) is 0 Å². The van der Waals surface area contributed by atoms with Crippen LogP contribution in [0.15, 0.2) is 0 Å². The maximum absolute atomic E-state index is 12.2. The summed E-state index contributed by atoms with van der Waals surface area (Å²) >= 11 is 0. The Hall–Kier alpha value is -0.610. The molecule has 0 saturated carbocycles. The molecule has 0 spiro atoms. The first kappa shape index (κ1) is 14.5. The highest BCUT2D eigenvalue weighted by molar-refractivity contribution is 5.76. The van der Waals surface area contributed by atoms with Crippen LogP contribution in [0.4, 0.5) is 0 Å². The predicted octanol–water partition coefficient (Wildman–Crippen LogP) is 1.40. The Morgan fingerprint density at radius 1 is 1.59 bits per heavy atom. The molecule has 1 rings (SSSR count). The van der Waals surface area contributed by atoms with E-state index in [0.717, 1.165) is 38.9 Å². The lowest BCUT2D eigenvalue weighted by Gasteiger charge is -2.28. The van der Waals surface area contributed by atoms with Crippen molar-refractivity contribution >= 4 is 5.91 Å². The molecule has 1 saturated heterocycles. The van der Waals surface area contributed by atoms with Gasteiger partial charge >= 0.3 is 0 Å². The summed E-state index contributed by atoms with van der Waals surface area (Å²) < 4.78 is 5.18. The Morgan fingerprint density at radius 2 is 2.35 bits per heavy atom. The number of carbonyl (C=O) groups is 1. The van der Waals surface area contributed by atoms with Crippen molar-refractivity contribution in [1.29, 1.82) is 0 Å². The van der Waals surface area contributed by atoms with Gasteiger partial charge in [-0.2, -0.15) is 0 Å². The number of hydrogen-bond acceptors (Lipinski definition) is 3. The topological polar surface area (TPSA) is 41.6 Å². The summed E-state index contributed by atoms with van der Waals surface area (Å²) in [7, 11) is 1.69. The molecule has 0 aromatic carbocycles. The highest BCUT2D eigenvalue weighted by Crippen LogP contribution is 2.13. The Bertz CT molecular complexity index is 227. The fourth-order valence-corrected chi connectivity index (χ4v) is 2.25. The number of carbonyl (C=O) groups excluding carboxylic acids is 1. The van der Waals surface area contributed by atoms with Crippen LogP contribution >= 0.6 is 0 Å². The average Bonchev–Trinajstić information content (AvgIpc) is 2.86. The molecule has 1 aliphatic heterocycles. The molecule has 4 nitrogen and oxygen atoms in total. The van der Waals surface area contributed by atoms with Gasteiger partial charge in [0.25, 0.3) is 0 Å². The normalized spacial score (nSPS) is 21.5. The number of methoxy groups -OCH3 is 1. The third-order valence-corrected chi connectivity index (χ3v) is 3.43. The zero-order valence-corrected chi connectivity index (χ0v) is 11.4. The van der Waals surface area contributed by atoms with Crippen LogP contribution in [0.5, 0.6) is 0 Å². The molecule has 1 N–H and O–H groups in total. The summed E-state index contributed by atoms with van der Waals surface area (Å²) in [4.78, 5) is 14.2. The third-order valence-electron chi connectivity index (χ3n) is 3.43. The van der Waals surface area contributed by atoms with Crippen molar-refractivity contribution in [1.82, 2.24) is 10.2 Å². The Morgan fingerprint density at radius 3 is 2.88 bits per heavy atom. The summed E-state index contributed by atoms with van der Waals surface area (Å²) in [6.45, 7) is 7.00. The predicted molar refractivity (Wildman–Crippen MR) is 69.0 cm³/mol. The second kappa shape index (κ2) is 7.67. The number of hydrogen-bond donors (Lipinski definition) is 1. The van der Waals surface area contributed by atoms with Gasteiger partial charge in [0, 0.05) is 32.7 Å². The van der Waals surface area contributed by atoms with Crippen LogP contribution in [0, 0.1) is 0 Å². The Balaban J connectivity index is 2.42. The van der Waals surface area contributed by atoms with Crippen molar-refractivity contribution in [2.75, 3.05) is 26.7 Å². The van der Waals surface area contributed by atoms with Crippen LogP contribution in [0.3, 0.4) is 0 Å². The summed E-state index contributed by atoms with van der Waals surface area (Å²) in [5.74, 6) is 0.282. The molecule has 1 aliphatic rings. The number of nitrogens with one attached hydrogen (secondary N) is 1. The SMILES string of the molecule is CCCN(C(=O)CCC(C)OC)C1CCNC1. The molecule has 0 radical (unpaired) electrons. The highest BCUT2D eigenvalue weighted by Gasteiger charge is 2.25. The molecule has 0 aromatic heterocycles. The lowest BCUT2D eigenvalue weighted by Crippen LogP contribution is -2.42. The van der Waals surface area contributed by atoms with Crippen LogP contribution < -0.4 is 5.32 Å². The van der Waals surface area contributed by atoms with Crippen molar-refractivity contribution in [2.24, 2.45) is 0 Å². The zero-order chi connectivity index (χ0) is 12.7. The van der Waals surface area contributed by atoms with E-state index in [4.69, 9.17) is 4.74 Å². The van der Waals surface area contributed by atoms with Gasteiger partial charge in [-0.15, -0.1) is 0 Å². The van der Waals surface area contributed by atoms with Crippen LogP contribution in [-0.4, -0.2) is 49.7 Å². The van der Waals surface area contributed by atoms with E-state index in [1.807, 2.05) is 6.92 Å². The van der Waals surface area contributed by atoms with E-state index in [1.54, 1.807) is 7.11 Å². The second-order valence-electron chi connectivity index (χ2n) is 4.82. The standard InChI is InChI=1S/C13H26N2O2/c1-4-9-15(12-7-8-14-10-12)13(16)6-5-11(2)17-3/h11-12,14H,4-10H2,1-3H3. The van der Waals surface area contributed by atoms with Gasteiger partial charge in [0.2, 0.25) is 5.91 Å². The quantitative estimate of drug-likeness (QED) is 0.734. The molecule has 4 heteroatoms. The molecule has 2 atom stereocenters. The lowest BCUT2D eigenvalue weighted by atomic mass is 10.1. The maximum atomic E-state index is 12.2. The zero-order valence-electron chi connectivity index (χ0n) is 11.4. The minimum atomic E-state index is 0.170. The van der Waals surface area contributed by atoms with Crippen molar-refractivity contribution in [2.45, 2.75) is 51.7 Å². The van der Waals surface area contributed by atoms with Crippen LogP contribution in [-0.2, 0) is 9.53 Å². The largest absolute Gasteiger partial charge is 0.382 e. The van der Waals surface area contributed by atoms with Crippen molar-refractivity contribution < 1.29 is 9.53 Å². The summed E-state index contributed by atoms with van der Waals surface area (Å²) in [6, 6.07) is 0.403. The van der Waals surface area contributed by atoms with E-state index in [0.29, 0.717) is 12.5 Å². The molecule has 100 valence electrons. The molecule has 1 fully saturated rings. The first-order valence-electron chi connectivity index (χ1n) is 6.72. The molecule has 1 amide bonds. The molecule has 0 aliphatic carbocycles. The monoisotopic (exact) mass is 242 g/mol. The van der Waals surface area contributed by atoms with E-state index in [-0.39, 0.29) is 12.0 Å². The molecular weight excluding hydrogens is 216 g/mol. The smallest absolute Gasteiger partial charge is 0.222 e. The second-order valence-corrected chi connectivity index (χ2v) is 4.82. The van der Waals surface area contributed by atoms with Crippen molar-refractivity contribution in [3.63, 3.8) is 0 Å². The molecule has 0 bridgehead atoms. The first-order chi connectivity index (χ1) is 8.19. The minimum absolute atomic E-state index is 0.170. The minimum Gasteiger partial charge on any atom is -0.382 e. The van der Waals surface area contributed by atoms with Gasteiger partial charge in [0.15, 0.2) is 0 Å². The van der Waals surface area contributed by atoms with Crippen LogP contribution in [0.25, 0.3) is 0 Å². The van der Waals surface area contributed by atoms with Gasteiger partial charge in [-0.25, -0.2) is 0 Å². The van der Waals surface area contributed by atoms with E-state index < -0.39 is 0 Å². The molecule has 1 heterocycles. The van der Waals surface area contributed by atoms with Crippen LogP contribution in [0.2, 0.25) is 0 Å². The number of amides is 1. The highest BCUT2D eigenvalue weighted by atomic mass is 16.5. The van der Waals surface area contributed by atoms with E-state index in [1.165, 1.54) is 0 Å². The van der Waals surface area contributed by atoms with E-state index >= 15 is 0 Å². The van der Waals surface area contributed by atoms with E-state index in [9.17, 15) is 4.79 Å².